The first-order chi connectivity index (χ1) is 5.27. The standard InChI is InChI=1S/C6H6N4O/c1-4-8-6(11-2)5(3-7)10-9-4/h1-2H3. The van der Waals surface area contributed by atoms with E-state index < -0.39 is 0 Å². The SMILES string of the molecule is COc1nc(C)nnc1C#N. The smallest absolute Gasteiger partial charge is 0.254 e. The molecular weight excluding hydrogens is 144 g/mol. The Balaban J connectivity index is 3.19. The number of nitrogens with zero attached hydrogens (tertiary/aromatic N) is 4. The van der Waals surface area contributed by atoms with Crippen molar-refractivity contribution in [2.24, 2.45) is 0 Å². The molecule has 0 atom stereocenters. The van der Waals surface area contributed by atoms with E-state index in [2.05, 4.69) is 15.2 Å². The van der Waals surface area contributed by atoms with Crippen molar-refractivity contribution < 1.29 is 4.74 Å². The van der Waals surface area contributed by atoms with Gasteiger partial charge in [-0.2, -0.15) is 10.2 Å². The van der Waals surface area contributed by atoms with Gasteiger partial charge in [0.15, 0.2) is 5.82 Å². The highest BCUT2D eigenvalue weighted by atomic mass is 16.5. The van der Waals surface area contributed by atoms with Crippen LogP contribution in [0.15, 0.2) is 0 Å². The van der Waals surface area contributed by atoms with E-state index in [1.807, 2.05) is 6.07 Å². The molecule has 0 N–H and O–H groups in total. The Kier molecular flexibility index (Phi) is 1.97. The molecule has 56 valence electrons. The van der Waals surface area contributed by atoms with E-state index in [9.17, 15) is 0 Å². The highest BCUT2D eigenvalue weighted by molar-refractivity contribution is 5.29. The Morgan fingerprint density at radius 1 is 1.45 bits per heavy atom. The Morgan fingerprint density at radius 2 is 2.18 bits per heavy atom. The van der Waals surface area contributed by atoms with Crippen molar-refractivity contribution in [2.75, 3.05) is 7.11 Å². The average molecular weight is 150 g/mol. The molecule has 0 fully saturated rings. The van der Waals surface area contributed by atoms with Crippen molar-refractivity contribution in [3.63, 3.8) is 0 Å². The molecule has 0 spiro atoms. The summed E-state index contributed by atoms with van der Waals surface area (Å²) >= 11 is 0. The van der Waals surface area contributed by atoms with Gasteiger partial charge in [-0.25, -0.2) is 0 Å². The maximum absolute atomic E-state index is 8.47. The quantitative estimate of drug-likeness (QED) is 0.566. The fourth-order valence-electron chi connectivity index (χ4n) is 0.600. The van der Waals surface area contributed by atoms with Crippen molar-refractivity contribution in [2.45, 2.75) is 6.92 Å². The Morgan fingerprint density at radius 3 is 2.73 bits per heavy atom. The lowest BCUT2D eigenvalue weighted by Crippen LogP contribution is -1.99. The molecule has 0 aliphatic carbocycles. The fourth-order valence-corrected chi connectivity index (χ4v) is 0.600. The van der Waals surface area contributed by atoms with Crippen LogP contribution in [0.2, 0.25) is 0 Å². The first kappa shape index (κ1) is 7.41. The van der Waals surface area contributed by atoms with Gasteiger partial charge in [0.05, 0.1) is 7.11 Å². The summed E-state index contributed by atoms with van der Waals surface area (Å²) in [7, 11) is 1.43. The zero-order valence-corrected chi connectivity index (χ0v) is 6.20. The van der Waals surface area contributed by atoms with Gasteiger partial charge in [-0.15, -0.1) is 10.2 Å². The third kappa shape index (κ3) is 1.41. The summed E-state index contributed by atoms with van der Waals surface area (Å²) in [6.07, 6.45) is 0. The zero-order valence-electron chi connectivity index (χ0n) is 6.20. The number of nitriles is 1. The number of hydrogen-bond acceptors (Lipinski definition) is 5. The predicted molar refractivity (Wildman–Crippen MR) is 35.8 cm³/mol. The van der Waals surface area contributed by atoms with Crippen molar-refractivity contribution in [3.05, 3.63) is 11.5 Å². The van der Waals surface area contributed by atoms with Gasteiger partial charge < -0.3 is 4.74 Å². The number of hydrogen-bond donors (Lipinski definition) is 0. The molecule has 0 bridgehead atoms. The van der Waals surface area contributed by atoms with E-state index >= 15 is 0 Å². The highest BCUT2D eigenvalue weighted by Gasteiger charge is 2.05. The van der Waals surface area contributed by atoms with Crippen molar-refractivity contribution in [1.82, 2.24) is 15.2 Å². The molecule has 0 amide bonds. The van der Waals surface area contributed by atoms with Crippen LogP contribution in [0.4, 0.5) is 0 Å². The van der Waals surface area contributed by atoms with Crippen LogP contribution in [0.5, 0.6) is 5.88 Å². The minimum Gasteiger partial charge on any atom is -0.479 e. The molecule has 1 heterocycles. The van der Waals surface area contributed by atoms with Gasteiger partial charge in [0.1, 0.15) is 6.07 Å². The summed E-state index contributed by atoms with van der Waals surface area (Å²) in [6, 6.07) is 1.81. The normalized spacial score (nSPS) is 8.82. The molecule has 5 heteroatoms. The van der Waals surface area contributed by atoms with Crippen LogP contribution >= 0.6 is 0 Å². The van der Waals surface area contributed by atoms with Crippen LogP contribution in [0.1, 0.15) is 11.5 Å². The monoisotopic (exact) mass is 150 g/mol. The molecule has 1 rings (SSSR count). The molecule has 5 nitrogen and oxygen atoms in total. The summed E-state index contributed by atoms with van der Waals surface area (Å²) < 4.78 is 4.78. The van der Waals surface area contributed by atoms with Crippen LogP contribution < -0.4 is 4.74 Å². The third-order valence-corrected chi connectivity index (χ3v) is 1.06. The molecule has 0 aliphatic heterocycles. The summed E-state index contributed by atoms with van der Waals surface area (Å²) in [4.78, 5) is 3.84. The summed E-state index contributed by atoms with van der Waals surface area (Å²) in [5, 5.41) is 15.6. The van der Waals surface area contributed by atoms with Crippen molar-refractivity contribution in [3.8, 4) is 11.9 Å². The molecule has 0 radical (unpaired) electrons. The maximum Gasteiger partial charge on any atom is 0.254 e. The van der Waals surface area contributed by atoms with Gasteiger partial charge in [0.25, 0.3) is 5.88 Å². The predicted octanol–water partition coefficient (Wildman–Crippen LogP) is 0.0603. The van der Waals surface area contributed by atoms with E-state index in [4.69, 9.17) is 10.00 Å². The number of rotatable bonds is 1. The first-order valence-electron chi connectivity index (χ1n) is 2.93. The van der Waals surface area contributed by atoms with Gasteiger partial charge in [-0.1, -0.05) is 0 Å². The second-order valence-corrected chi connectivity index (χ2v) is 1.83. The topological polar surface area (TPSA) is 71.7 Å². The molecule has 0 saturated carbocycles. The molecule has 1 aromatic heterocycles. The van der Waals surface area contributed by atoms with Gasteiger partial charge >= 0.3 is 0 Å². The molecule has 0 unspecified atom stereocenters. The van der Waals surface area contributed by atoms with E-state index in [0.29, 0.717) is 5.82 Å². The second-order valence-electron chi connectivity index (χ2n) is 1.83. The Labute approximate surface area is 63.7 Å². The highest BCUT2D eigenvalue weighted by Crippen LogP contribution is 2.08. The summed E-state index contributed by atoms with van der Waals surface area (Å²) in [5.41, 5.74) is 0.109. The number of aromatic nitrogens is 3. The van der Waals surface area contributed by atoms with Crippen LogP contribution in [0.3, 0.4) is 0 Å². The Bertz CT molecular complexity index is 304. The number of ether oxygens (including phenoxy) is 1. The van der Waals surface area contributed by atoms with Gasteiger partial charge in [0.2, 0.25) is 5.69 Å². The minimum atomic E-state index is 0.109. The molecular formula is C6H6N4O. The third-order valence-electron chi connectivity index (χ3n) is 1.06. The second kappa shape index (κ2) is 2.92. The van der Waals surface area contributed by atoms with E-state index in [-0.39, 0.29) is 11.6 Å². The minimum absolute atomic E-state index is 0.109. The lowest BCUT2D eigenvalue weighted by Gasteiger charge is -1.98. The largest absolute Gasteiger partial charge is 0.479 e. The van der Waals surface area contributed by atoms with Gasteiger partial charge in [-0.3, -0.25) is 0 Å². The summed E-state index contributed by atoms with van der Waals surface area (Å²) in [5.74, 6) is 0.709. The van der Waals surface area contributed by atoms with Gasteiger partial charge in [-0.05, 0) is 6.92 Å². The van der Waals surface area contributed by atoms with Crippen LogP contribution in [0, 0.1) is 18.3 Å². The molecule has 0 aliphatic rings. The molecule has 1 aromatic rings. The van der Waals surface area contributed by atoms with Crippen molar-refractivity contribution in [1.29, 1.82) is 5.26 Å². The van der Waals surface area contributed by atoms with Crippen LogP contribution in [-0.2, 0) is 0 Å². The molecule has 11 heavy (non-hydrogen) atoms. The first-order valence-corrected chi connectivity index (χ1v) is 2.93. The number of methoxy groups -OCH3 is 1. The van der Waals surface area contributed by atoms with Crippen LogP contribution in [-0.4, -0.2) is 22.3 Å². The lowest BCUT2D eigenvalue weighted by atomic mass is 10.5. The van der Waals surface area contributed by atoms with Gasteiger partial charge in [0, 0.05) is 0 Å². The average Bonchev–Trinajstić information content (AvgIpc) is 2.04. The lowest BCUT2D eigenvalue weighted by molar-refractivity contribution is 0.390. The summed E-state index contributed by atoms with van der Waals surface area (Å²) in [6.45, 7) is 1.68. The number of aryl methyl sites for hydroxylation is 1. The van der Waals surface area contributed by atoms with Crippen LogP contribution in [0.25, 0.3) is 0 Å². The zero-order chi connectivity index (χ0) is 8.27. The Hall–Kier alpha value is -1.70. The van der Waals surface area contributed by atoms with E-state index in [1.165, 1.54) is 7.11 Å². The molecule has 0 aromatic carbocycles. The van der Waals surface area contributed by atoms with E-state index in [0.717, 1.165) is 0 Å². The fraction of sp³-hybridized carbons (Fsp3) is 0.333. The van der Waals surface area contributed by atoms with Crippen molar-refractivity contribution >= 4 is 0 Å². The van der Waals surface area contributed by atoms with E-state index in [1.54, 1.807) is 6.92 Å². The molecule has 0 saturated heterocycles. The maximum atomic E-state index is 8.47.